The van der Waals surface area contributed by atoms with Gasteiger partial charge >= 0.3 is 0 Å². The normalized spacial score (nSPS) is 10.8. The lowest BCUT2D eigenvalue weighted by Crippen LogP contribution is -1.97. The predicted molar refractivity (Wildman–Crippen MR) is 55.6 cm³/mol. The fraction of sp³-hybridized carbons (Fsp3) is 0.182. The highest BCUT2D eigenvalue weighted by Crippen LogP contribution is 2.25. The zero-order valence-electron chi connectivity index (χ0n) is 8.13. The molecule has 0 unspecified atom stereocenters. The van der Waals surface area contributed by atoms with E-state index in [-0.39, 0.29) is 5.82 Å². The van der Waals surface area contributed by atoms with Crippen LogP contribution in [-0.2, 0) is 0 Å². The van der Waals surface area contributed by atoms with E-state index in [9.17, 15) is 4.39 Å². The van der Waals surface area contributed by atoms with Gasteiger partial charge in [-0.2, -0.15) is 0 Å². The number of nitrogens with zero attached hydrogens (tertiary/aromatic N) is 1. The molecule has 1 aromatic heterocycles. The summed E-state index contributed by atoms with van der Waals surface area (Å²) in [6.07, 6.45) is 0. The van der Waals surface area contributed by atoms with Crippen LogP contribution in [0.4, 0.5) is 10.1 Å². The fourth-order valence-electron chi connectivity index (χ4n) is 1.49. The van der Waals surface area contributed by atoms with Crippen LogP contribution < -0.4 is 5.73 Å². The molecule has 72 valence electrons. The lowest BCUT2D eigenvalue weighted by molar-refractivity contribution is 0.629. The first-order valence-corrected chi connectivity index (χ1v) is 4.41. The van der Waals surface area contributed by atoms with Gasteiger partial charge in [-0.1, -0.05) is 0 Å². The van der Waals surface area contributed by atoms with Gasteiger partial charge in [-0.05, 0) is 31.5 Å². The molecule has 2 rings (SSSR count). The minimum atomic E-state index is -0.285. The quantitative estimate of drug-likeness (QED) is 0.693. The number of aromatic nitrogens is 1. The average molecular weight is 190 g/mol. The molecule has 0 amide bonds. The highest BCUT2D eigenvalue weighted by atomic mass is 19.1. The Kier molecular flexibility index (Phi) is 1.88. The molecule has 0 aliphatic rings. The number of hydrogen-bond acceptors (Lipinski definition) is 2. The molecule has 0 bridgehead atoms. The van der Waals surface area contributed by atoms with Gasteiger partial charge in [-0.3, -0.25) is 4.98 Å². The summed E-state index contributed by atoms with van der Waals surface area (Å²) in [7, 11) is 0. The molecule has 0 radical (unpaired) electrons. The fourth-order valence-corrected chi connectivity index (χ4v) is 1.49. The summed E-state index contributed by atoms with van der Waals surface area (Å²) < 4.78 is 12.9. The van der Waals surface area contributed by atoms with Crippen LogP contribution >= 0.6 is 0 Å². The Labute approximate surface area is 81.6 Å². The van der Waals surface area contributed by atoms with Crippen LogP contribution in [0.15, 0.2) is 18.2 Å². The molecule has 0 saturated carbocycles. The third kappa shape index (κ3) is 1.21. The first kappa shape index (κ1) is 8.94. The molecule has 3 heteroatoms. The number of nitrogen functional groups attached to an aromatic ring is 1. The molecule has 0 saturated heterocycles. The number of fused-ring (bicyclic) bond motifs is 1. The van der Waals surface area contributed by atoms with E-state index in [1.54, 1.807) is 6.07 Å². The summed E-state index contributed by atoms with van der Waals surface area (Å²) in [5, 5.41) is 0.814. The Hall–Kier alpha value is -1.64. The molecule has 0 aliphatic carbocycles. The minimum absolute atomic E-state index is 0.285. The molecular formula is C11H11FN2. The second kappa shape index (κ2) is 2.94. The van der Waals surface area contributed by atoms with Gasteiger partial charge in [0.15, 0.2) is 0 Å². The molecule has 1 heterocycles. The van der Waals surface area contributed by atoms with E-state index in [2.05, 4.69) is 4.98 Å². The van der Waals surface area contributed by atoms with Crippen LogP contribution in [0.2, 0.25) is 0 Å². The Morgan fingerprint density at radius 3 is 2.71 bits per heavy atom. The zero-order chi connectivity index (χ0) is 10.3. The van der Waals surface area contributed by atoms with Crippen LogP contribution in [0.1, 0.15) is 11.3 Å². The lowest BCUT2D eigenvalue weighted by Gasteiger charge is -2.07. The summed E-state index contributed by atoms with van der Waals surface area (Å²) in [4.78, 5) is 4.28. The van der Waals surface area contributed by atoms with Gasteiger partial charge in [-0.15, -0.1) is 0 Å². The van der Waals surface area contributed by atoms with Crippen LogP contribution in [0.3, 0.4) is 0 Å². The van der Waals surface area contributed by atoms with Crippen LogP contribution in [0.25, 0.3) is 10.9 Å². The van der Waals surface area contributed by atoms with Gasteiger partial charge in [0.2, 0.25) is 0 Å². The topological polar surface area (TPSA) is 38.9 Å². The number of pyridine rings is 1. The number of rotatable bonds is 0. The number of anilines is 1. The van der Waals surface area contributed by atoms with Gasteiger partial charge in [0.25, 0.3) is 0 Å². The third-order valence-corrected chi connectivity index (χ3v) is 2.48. The van der Waals surface area contributed by atoms with Gasteiger partial charge in [0, 0.05) is 22.8 Å². The monoisotopic (exact) mass is 190 g/mol. The maximum absolute atomic E-state index is 12.9. The maximum atomic E-state index is 12.9. The van der Waals surface area contributed by atoms with Crippen molar-refractivity contribution < 1.29 is 4.39 Å². The minimum Gasteiger partial charge on any atom is -0.398 e. The summed E-state index contributed by atoms with van der Waals surface area (Å²) in [6, 6.07) is 4.46. The predicted octanol–water partition coefficient (Wildman–Crippen LogP) is 2.57. The van der Waals surface area contributed by atoms with E-state index in [4.69, 9.17) is 5.73 Å². The number of benzene rings is 1. The maximum Gasteiger partial charge on any atom is 0.125 e. The Morgan fingerprint density at radius 1 is 1.29 bits per heavy atom. The first-order valence-electron chi connectivity index (χ1n) is 4.41. The SMILES string of the molecule is Cc1nc2cc(F)ccc2c(N)c1C. The van der Waals surface area contributed by atoms with Gasteiger partial charge in [-0.25, -0.2) is 4.39 Å². The molecular weight excluding hydrogens is 179 g/mol. The van der Waals surface area contributed by atoms with E-state index in [0.717, 1.165) is 16.6 Å². The van der Waals surface area contributed by atoms with Crippen molar-refractivity contribution in [2.75, 3.05) is 5.73 Å². The molecule has 0 aliphatic heterocycles. The summed E-state index contributed by atoms with van der Waals surface area (Å²) in [5.74, 6) is -0.285. The Morgan fingerprint density at radius 2 is 2.00 bits per heavy atom. The molecule has 0 atom stereocenters. The molecule has 2 aromatic rings. The van der Waals surface area contributed by atoms with Crippen molar-refractivity contribution >= 4 is 16.6 Å². The third-order valence-electron chi connectivity index (χ3n) is 2.48. The largest absolute Gasteiger partial charge is 0.398 e. The van der Waals surface area contributed by atoms with Gasteiger partial charge in [0.05, 0.1) is 5.52 Å². The second-order valence-electron chi connectivity index (χ2n) is 3.40. The van der Waals surface area contributed by atoms with E-state index < -0.39 is 0 Å². The number of aryl methyl sites for hydroxylation is 1. The van der Waals surface area contributed by atoms with Crippen LogP contribution in [0.5, 0.6) is 0 Å². The molecule has 2 nitrogen and oxygen atoms in total. The standard InChI is InChI=1S/C11H11FN2/c1-6-7(2)14-10-5-8(12)3-4-9(10)11(6)13/h3-5H,1-2H3,(H2,13,14). The Bertz CT molecular complexity index is 506. The molecule has 0 spiro atoms. The summed E-state index contributed by atoms with van der Waals surface area (Å²) >= 11 is 0. The second-order valence-corrected chi connectivity index (χ2v) is 3.40. The number of nitrogens with two attached hydrogens (primary N) is 1. The molecule has 14 heavy (non-hydrogen) atoms. The van der Waals surface area contributed by atoms with E-state index in [1.165, 1.54) is 12.1 Å². The zero-order valence-corrected chi connectivity index (χ0v) is 8.13. The highest BCUT2D eigenvalue weighted by Gasteiger charge is 2.06. The summed E-state index contributed by atoms with van der Waals surface area (Å²) in [5.41, 5.74) is 9.02. The van der Waals surface area contributed by atoms with Crippen molar-refractivity contribution in [2.24, 2.45) is 0 Å². The summed E-state index contributed by atoms with van der Waals surface area (Å²) in [6.45, 7) is 3.79. The van der Waals surface area contributed by atoms with E-state index in [1.807, 2.05) is 13.8 Å². The van der Waals surface area contributed by atoms with E-state index in [0.29, 0.717) is 11.2 Å². The van der Waals surface area contributed by atoms with Crippen molar-refractivity contribution in [1.82, 2.24) is 4.98 Å². The average Bonchev–Trinajstić information content (AvgIpc) is 2.14. The van der Waals surface area contributed by atoms with Crippen molar-refractivity contribution in [3.8, 4) is 0 Å². The smallest absolute Gasteiger partial charge is 0.125 e. The van der Waals surface area contributed by atoms with Gasteiger partial charge < -0.3 is 5.73 Å². The van der Waals surface area contributed by atoms with Crippen LogP contribution in [0, 0.1) is 19.7 Å². The van der Waals surface area contributed by atoms with Crippen molar-refractivity contribution in [1.29, 1.82) is 0 Å². The lowest BCUT2D eigenvalue weighted by atomic mass is 10.1. The van der Waals surface area contributed by atoms with Gasteiger partial charge in [0.1, 0.15) is 5.82 Å². The van der Waals surface area contributed by atoms with Crippen molar-refractivity contribution in [3.05, 3.63) is 35.3 Å². The first-order chi connectivity index (χ1) is 6.59. The van der Waals surface area contributed by atoms with Crippen molar-refractivity contribution in [3.63, 3.8) is 0 Å². The molecule has 2 N–H and O–H groups in total. The van der Waals surface area contributed by atoms with E-state index >= 15 is 0 Å². The van der Waals surface area contributed by atoms with Crippen LogP contribution in [-0.4, -0.2) is 4.98 Å². The molecule has 1 aromatic carbocycles. The highest BCUT2D eigenvalue weighted by molar-refractivity contribution is 5.91. The van der Waals surface area contributed by atoms with Crippen molar-refractivity contribution in [2.45, 2.75) is 13.8 Å². The molecule has 0 fully saturated rings. The number of hydrogen-bond donors (Lipinski definition) is 1. The number of halogens is 1. The Balaban J connectivity index is 2.91.